The van der Waals surface area contributed by atoms with Crippen molar-refractivity contribution in [2.24, 2.45) is 5.92 Å². The minimum atomic E-state index is -0.123. The molecule has 2 saturated heterocycles. The van der Waals surface area contributed by atoms with E-state index in [9.17, 15) is 9.59 Å². The highest BCUT2D eigenvalue weighted by atomic mass is 32.1. The average Bonchev–Trinajstić information content (AvgIpc) is 3.49. The van der Waals surface area contributed by atoms with E-state index in [0.717, 1.165) is 37.4 Å². The van der Waals surface area contributed by atoms with E-state index in [-0.39, 0.29) is 23.8 Å². The maximum Gasteiger partial charge on any atom is 0.263 e. The van der Waals surface area contributed by atoms with Crippen molar-refractivity contribution in [1.29, 1.82) is 0 Å². The predicted molar refractivity (Wildman–Crippen MR) is 116 cm³/mol. The fraction of sp³-hybridized carbons (Fsp3) is 0.478. The van der Waals surface area contributed by atoms with E-state index < -0.39 is 0 Å². The minimum Gasteiger partial charge on any atom is -0.354 e. The Morgan fingerprint density at radius 1 is 1.03 bits per heavy atom. The van der Waals surface area contributed by atoms with Gasteiger partial charge in [0.25, 0.3) is 5.91 Å². The number of piperidine rings is 1. The van der Waals surface area contributed by atoms with Gasteiger partial charge in [-0.25, -0.2) is 0 Å². The molecule has 5 nitrogen and oxygen atoms in total. The summed E-state index contributed by atoms with van der Waals surface area (Å²) in [5, 5.41) is 5.13. The number of hydrogen-bond acceptors (Lipinski definition) is 4. The van der Waals surface area contributed by atoms with Gasteiger partial charge >= 0.3 is 0 Å². The number of rotatable bonds is 6. The smallest absolute Gasteiger partial charge is 0.263 e. The third-order valence-electron chi connectivity index (χ3n) is 6.05. The molecule has 2 aliphatic heterocycles. The fourth-order valence-corrected chi connectivity index (χ4v) is 5.15. The summed E-state index contributed by atoms with van der Waals surface area (Å²) >= 11 is 1.46. The molecule has 2 fully saturated rings. The van der Waals surface area contributed by atoms with E-state index in [1.807, 2.05) is 28.5 Å². The standard InChI is InChI=1S/C23H29N3O2S/c27-22(19-10-6-14-26(17-19)23(28)21-11-7-15-29-21)24-16-20(25-12-4-5-13-25)18-8-2-1-3-9-18/h1-3,7-9,11,15,19-20H,4-6,10,12-14,16-17H2,(H,24,27). The maximum atomic E-state index is 12.9. The molecule has 0 saturated carbocycles. The van der Waals surface area contributed by atoms with Gasteiger partial charge in [-0.05, 0) is 55.8 Å². The fourth-order valence-electron chi connectivity index (χ4n) is 4.46. The van der Waals surface area contributed by atoms with E-state index in [4.69, 9.17) is 0 Å². The lowest BCUT2D eigenvalue weighted by atomic mass is 9.96. The topological polar surface area (TPSA) is 52.7 Å². The molecular formula is C23H29N3O2S. The second kappa shape index (κ2) is 9.55. The zero-order valence-corrected chi connectivity index (χ0v) is 17.6. The third-order valence-corrected chi connectivity index (χ3v) is 6.90. The molecule has 1 aromatic heterocycles. The van der Waals surface area contributed by atoms with E-state index in [1.165, 1.54) is 29.7 Å². The number of nitrogens with zero attached hydrogens (tertiary/aromatic N) is 2. The molecule has 2 amide bonds. The largest absolute Gasteiger partial charge is 0.354 e. The summed E-state index contributed by atoms with van der Waals surface area (Å²) < 4.78 is 0. The summed E-state index contributed by atoms with van der Waals surface area (Å²) in [6.07, 6.45) is 4.17. The second-order valence-electron chi connectivity index (χ2n) is 7.98. The normalized spacial score (nSPS) is 21.1. The molecule has 1 N–H and O–H groups in total. The van der Waals surface area contributed by atoms with Crippen LogP contribution in [0, 0.1) is 5.92 Å². The van der Waals surface area contributed by atoms with Gasteiger partial charge in [0.15, 0.2) is 0 Å². The van der Waals surface area contributed by atoms with Gasteiger partial charge in [-0.1, -0.05) is 36.4 Å². The molecule has 2 aliphatic rings. The molecule has 2 aromatic rings. The Hall–Kier alpha value is -2.18. The van der Waals surface area contributed by atoms with Crippen molar-refractivity contribution in [1.82, 2.24) is 15.1 Å². The SMILES string of the molecule is O=C(NCC(c1ccccc1)N1CCCC1)C1CCCN(C(=O)c2cccs2)C1. The van der Waals surface area contributed by atoms with Gasteiger partial charge in [0.1, 0.15) is 0 Å². The van der Waals surface area contributed by atoms with Crippen LogP contribution in [-0.2, 0) is 4.79 Å². The summed E-state index contributed by atoms with van der Waals surface area (Å²) in [5.41, 5.74) is 1.26. The summed E-state index contributed by atoms with van der Waals surface area (Å²) in [6.45, 7) is 4.05. The summed E-state index contributed by atoms with van der Waals surface area (Å²) in [4.78, 5) is 30.7. The van der Waals surface area contributed by atoms with Crippen LogP contribution in [0.5, 0.6) is 0 Å². The molecule has 0 bridgehead atoms. The number of nitrogens with one attached hydrogen (secondary N) is 1. The van der Waals surface area contributed by atoms with Crippen molar-refractivity contribution < 1.29 is 9.59 Å². The number of carbonyl (C=O) groups excluding carboxylic acids is 2. The van der Waals surface area contributed by atoms with E-state index in [0.29, 0.717) is 13.1 Å². The van der Waals surface area contributed by atoms with Crippen molar-refractivity contribution in [2.45, 2.75) is 31.7 Å². The van der Waals surface area contributed by atoms with Crippen LogP contribution in [0.25, 0.3) is 0 Å². The first-order chi connectivity index (χ1) is 14.2. The van der Waals surface area contributed by atoms with Crippen LogP contribution >= 0.6 is 11.3 Å². The zero-order valence-electron chi connectivity index (χ0n) is 16.8. The Morgan fingerprint density at radius 2 is 1.83 bits per heavy atom. The number of benzene rings is 1. The first kappa shape index (κ1) is 20.1. The lowest BCUT2D eigenvalue weighted by Crippen LogP contribution is -2.46. The maximum absolute atomic E-state index is 12.9. The molecule has 2 unspecified atom stereocenters. The predicted octanol–water partition coefficient (Wildman–Crippen LogP) is 3.55. The third kappa shape index (κ3) is 4.87. The quantitative estimate of drug-likeness (QED) is 0.791. The average molecular weight is 412 g/mol. The number of hydrogen-bond donors (Lipinski definition) is 1. The molecule has 2 atom stereocenters. The van der Waals surface area contributed by atoms with Gasteiger partial charge in [0, 0.05) is 19.6 Å². The number of carbonyl (C=O) groups is 2. The number of amides is 2. The van der Waals surface area contributed by atoms with Gasteiger partial charge in [0.05, 0.1) is 16.8 Å². The van der Waals surface area contributed by atoms with Crippen LogP contribution < -0.4 is 5.32 Å². The molecule has 0 spiro atoms. The van der Waals surface area contributed by atoms with Crippen LogP contribution in [-0.4, -0.2) is 54.3 Å². The molecule has 29 heavy (non-hydrogen) atoms. The second-order valence-corrected chi connectivity index (χ2v) is 8.93. The van der Waals surface area contributed by atoms with Gasteiger partial charge < -0.3 is 10.2 Å². The van der Waals surface area contributed by atoms with E-state index in [2.05, 4.69) is 34.5 Å². The molecule has 154 valence electrons. The van der Waals surface area contributed by atoms with Gasteiger partial charge in [0.2, 0.25) is 5.91 Å². The van der Waals surface area contributed by atoms with Crippen molar-refractivity contribution in [3.8, 4) is 0 Å². The van der Waals surface area contributed by atoms with Gasteiger partial charge in [-0.2, -0.15) is 0 Å². The van der Waals surface area contributed by atoms with Crippen LogP contribution in [0.15, 0.2) is 47.8 Å². The first-order valence-corrected chi connectivity index (χ1v) is 11.5. The van der Waals surface area contributed by atoms with Crippen LogP contribution in [0.4, 0.5) is 0 Å². The Morgan fingerprint density at radius 3 is 2.55 bits per heavy atom. The van der Waals surface area contributed by atoms with E-state index in [1.54, 1.807) is 0 Å². The van der Waals surface area contributed by atoms with Crippen LogP contribution in [0.1, 0.15) is 47.0 Å². The van der Waals surface area contributed by atoms with Gasteiger partial charge in [-0.15, -0.1) is 11.3 Å². The van der Waals surface area contributed by atoms with Gasteiger partial charge in [-0.3, -0.25) is 14.5 Å². The summed E-state index contributed by atoms with van der Waals surface area (Å²) in [5.74, 6) is 0.00759. The first-order valence-electron chi connectivity index (χ1n) is 10.6. The molecule has 0 radical (unpaired) electrons. The molecule has 1 aromatic carbocycles. The lowest BCUT2D eigenvalue weighted by molar-refractivity contribution is -0.126. The van der Waals surface area contributed by atoms with Crippen LogP contribution in [0.2, 0.25) is 0 Å². The molecule has 6 heteroatoms. The summed E-state index contributed by atoms with van der Waals surface area (Å²) in [7, 11) is 0. The highest BCUT2D eigenvalue weighted by molar-refractivity contribution is 7.12. The number of thiophene rings is 1. The Labute approximate surface area is 176 Å². The minimum absolute atomic E-state index is 0.0525. The molecule has 4 rings (SSSR count). The van der Waals surface area contributed by atoms with Crippen molar-refractivity contribution in [3.63, 3.8) is 0 Å². The monoisotopic (exact) mass is 411 g/mol. The molecule has 0 aliphatic carbocycles. The summed E-state index contributed by atoms with van der Waals surface area (Å²) in [6, 6.07) is 14.4. The molecule has 3 heterocycles. The van der Waals surface area contributed by atoms with Crippen molar-refractivity contribution >= 4 is 23.2 Å². The number of likely N-dealkylation sites (tertiary alicyclic amines) is 2. The van der Waals surface area contributed by atoms with Crippen molar-refractivity contribution in [2.75, 3.05) is 32.7 Å². The highest BCUT2D eigenvalue weighted by Crippen LogP contribution is 2.25. The highest BCUT2D eigenvalue weighted by Gasteiger charge is 2.30. The Bertz CT molecular complexity index is 803. The van der Waals surface area contributed by atoms with E-state index >= 15 is 0 Å². The van der Waals surface area contributed by atoms with Crippen molar-refractivity contribution in [3.05, 3.63) is 58.3 Å². The van der Waals surface area contributed by atoms with Crippen LogP contribution in [0.3, 0.4) is 0 Å². The molecular weight excluding hydrogens is 382 g/mol. The Balaban J connectivity index is 1.36. The zero-order chi connectivity index (χ0) is 20.1. The lowest BCUT2D eigenvalue weighted by Gasteiger charge is -2.33. The Kier molecular flexibility index (Phi) is 6.62.